The molecule has 1 rings (SSSR count). The molecular weight excluding hydrogens is 138 g/mol. The summed E-state index contributed by atoms with van der Waals surface area (Å²) in [4.78, 5) is 2.28. The molecule has 2 nitrogen and oxygen atoms in total. The average Bonchev–Trinajstić information content (AvgIpc) is 2.05. The van der Waals surface area contributed by atoms with Gasteiger partial charge in [-0.1, -0.05) is 6.58 Å². The first kappa shape index (κ1) is 8.60. The highest BCUT2D eigenvalue weighted by molar-refractivity contribution is 4.90. The number of allylic oxidation sites excluding steroid dienone is 1. The fourth-order valence-corrected chi connectivity index (χ4v) is 1.50. The topological polar surface area (TPSA) is 23.5 Å². The molecule has 0 atom stereocenters. The summed E-state index contributed by atoms with van der Waals surface area (Å²) in [7, 11) is 0. The first-order chi connectivity index (χ1) is 5.24. The minimum Gasteiger partial charge on any atom is -0.396 e. The average molecular weight is 155 g/mol. The van der Waals surface area contributed by atoms with Gasteiger partial charge >= 0.3 is 0 Å². The second kappa shape index (κ2) is 3.77. The van der Waals surface area contributed by atoms with Crippen LogP contribution in [0.15, 0.2) is 12.3 Å². The van der Waals surface area contributed by atoms with Gasteiger partial charge in [0.15, 0.2) is 0 Å². The van der Waals surface area contributed by atoms with E-state index in [1.165, 1.54) is 0 Å². The van der Waals surface area contributed by atoms with E-state index in [-0.39, 0.29) is 0 Å². The molecule has 0 radical (unpaired) electrons. The first-order valence-corrected chi connectivity index (χ1v) is 4.25. The van der Waals surface area contributed by atoms with Gasteiger partial charge in [0.2, 0.25) is 0 Å². The van der Waals surface area contributed by atoms with E-state index >= 15 is 0 Å². The standard InChI is InChI=1S/C9H17NO/c1-8(2)10-5-3-9(7-11)4-6-10/h9,11H,1,3-7H2,2H3. The maximum absolute atomic E-state index is 8.87. The number of hydrogen-bond acceptors (Lipinski definition) is 2. The number of hydrogen-bond donors (Lipinski definition) is 1. The van der Waals surface area contributed by atoms with Gasteiger partial charge in [0.25, 0.3) is 0 Å². The van der Waals surface area contributed by atoms with Crippen molar-refractivity contribution in [1.82, 2.24) is 4.90 Å². The highest BCUT2D eigenvalue weighted by Gasteiger charge is 2.17. The summed E-state index contributed by atoms with van der Waals surface area (Å²) >= 11 is 0. The Morgan fingerprint density at radius 3 is 2.45 bits per heavy atom. The van der Waals surface area contributed by atoms with Crippen molar-refractivity contribution in [2.24, 2.45) is 5.92 Å². The van der Waals surface area contributed by atoms with Crippen molar-refractivity contribution in [2.75, 3.05) is 19.7 Å². The summed E-state index contributed by atoms with van der Waals surface area (Å²) in [6, 6.07) is 0. The van der Waals surface area contributed by atoms with E-state index in [0.717, 1.165) is 31.6 Å². The lowest BCUT2D eigenvalue weighted by molar-refractivity contribution is 0.152. The predicted molar refractivity (Wildman–Crippen MR) is 46.2 cm³/mol. The molecule has 1 aliphatic rings. The lowest BCUT2D eigenvalue weighted by Crippen LogP contribution is -2.33. The molecule has 0 aromatic carbocycles. The van der Waals surface area contributed by atoms with E-state index in [2.05, 4.69) is 11.5 Å². The SMILES string of the molecule is C=C(C)N1CCC(CO)CC1. The Kier molecular flexibility index (Phi) is 2.94. The zero-order valence-corrected chi connectivity index (χ0v) is 7.21. The van der Waals surface area contributed by atoms with E-state index in [1.54, 1.807) is 0 Å². The maximum atomic E-state index is 8.87. The van der Waals surface area contributed by atoms with Gasteiger partial charge in [0.05, 0.1) is 0 Å². The van der Waals surface area contributed by atoms with Crippen molar-refractivity contribution in [3.8, 4) is 0 Å². The monoisotopic (exact) mass is 155 g/mol. The third kappa shape index (κ3) is 2.22. The van der Waals surface area contributed by atoms with Crippen LogP contribution >= 0.6 is 0 Å². The number of piperidine rings is 1. The van der Waals surface area contributed by atoms with Crippen LogP contribution in [0.25, 0.3) is 0 Å². The molecule has 1 aliphatic heterocycles. The summed E-state index contributed by atoms with van der Waals surface area (Å²) in [6.07, 6.45) is 2.23. The Morgan fingerprint density at radius 2 is 2.09 bits per heavy atom. The van der Waals surface area contributed by atoms with Crippen molar-refractivity contribution >= 4 is 0 Å². The molecule has 0 spiro atoms. The van der Waals surface area contributed by atoms with E-state index in [0.29, 0.717) is 12.5 Å². The molecular formula is C9H17NO. The molecule has 0 aromatic rings. The van der Waals surface area contributed by atoms with Crippen molar-refractivity contribution in [2.45, 2.75) is 19.8 Å². The Balaban J connectivity index is 2.30. The summed E-state index contributed by atoms with van der Waals surface area (Å²) in [5.41, 5.74) is 1.15. The molecule has 64 valence electrons. The number of rotatable bonds is 2. The normalized spacial score (nSPS) is 20.4. The lowest BCUT2D eigenvalue weighted by atomic mass is 9.98. The second-order valence-corrected chi connectivity index (χ2v) is 3.35. The van der Waals surface area contributed by atoms with Crippen LogP contribution in [0.1, 0.15) is 19.8 Å². The number of aliphatic hydroxyl groups is 1. The Hall–Kier alpha value is -0.500. The van der Waals surface area contributed by atoms with E-state index < -0.39 is 0 Å². The molecule has 0 aliphatic carbocycles. The summed E-state index contributed by atoms with van der Waals surface area (Å²) in [5, 5.41) is 8.87. The van der Waals surface area contributed by atoms with Gasteiger partial charge in [-0.25, -0.2) is 0 Å². The molecule has 0 aromatic heterocycles. The van der Waals surface area contributed by atoms with Gasteiger partial charge in [-0.15, -0.1) is 0 Å². The molecule has 11 heavy (non-hydrogen) atoms. The van der Waals surface area contributed by atoms with Crippen LogP contribution in [-0.4, -0.2) is 29.7 Å². The Labute approximate surface area is 68.5 Å². The molecule has 1 saturated heterocycles. The van der Waals surface area contributed by atoms with Crippen LogP contribution in [0.4, 0.5) is 0 Å². The number of aliphatic hydroxyl groups excluding tert-OH is 1. The minimum absolute atomic E-state index is 0.351. The zero-order chi connectivity index (χ0) is 8.27. The summed E-state index contributed by atoms with van der Waals surface area (Å²) in [5.74, 6) is 0.533. The van der Waals surface area contributed by atoms with E-state index in [1.807, 2.05) is 6.92 Å². The highest BCUT2D eigenvalue weighted by Crippen LogP contribution is 2.18. The molecule has 0 unspecified atom stereocenters. The highest BCUT2D eigenvalue weighted by atomic mass is 16.3. The van der Waals surface area contributed by atoms with Crippen LogP contribution < -0.4 is 0 Å². The van der Waals surface area contributed by atoms with Crippen molar-refractivity contribution in [3.63, 3.8) is 0 Å². The lowest BCUT2D eigenvalue weighted by Gasteiger charge is -2.32. The van der Waals surface area contributed by atoms with Crippen LogP contribution in [0.5, 0.6) is 0 Å². The molecule has 2 heteroatoms. The minimum atomic E-state index is 0.351. The molecule has 1 heterocycles. The van der Waals surface area contributed by atoms with Crippen LogP contribution in [0.2, 0.25) is 0 Å². The Bertz CT molecular complexity index is 136. The van der Waals surface area contributed by atoms with Crippen LogP contribution in [0, 0.1) is 5.92 Å². The quantitative estimate of drug-likeness (QED) is 0.648. The summed E-state index contributed by atoms with van der Waals surface area (Å²) < 4.78 is 0. The van der Waals surface area contributed by atoms with Gasteiger partial charge in [-0.3, -0.25) is 0 Å². The van der Waals surface area contributed by atoms with Gasteiger partial charge in [0.1, 0.15) is 0 Å². The number of likely N-dealkylation sites (tertiary alicyclic amines) is 1. The third-order valence-electron chi connectivity index (χ3n) is 2.41. The predicted octanol–water partition coefficient (Wildman–Crippen LogP) is 1.22. The fourth-order valence-electron chi connectivity index (χ4n) is 1.50. The molecule has 0 amide bonds. The molecule has 0 bridgehead atoms. The maximum Gasteiger partial charge on any atom is 0.0460 e. The van der Waals surface area contributed by atoms with Crippen molar-refractivity contribution in [1.29, 1.82) is 0 Å². The Morgan fingerprint density at radius 1 is 1.55 bits per heavy atom. The van der Waals surface area contributed by atoms with Gasteiger partial charge in [0, 0.05) is 25.4 Å². The largest absolute Gasteiger partial charge is 0.396 e. The van der Waals surface area contributed by atoms with E-state index in [9.17, 15) is 0 Å². The second-order valence-electron chi connectivity index (χ2n) is 3.35. The molecule has 1 N–H and O–H groups in total. The van der Waals surface area contributed by atoms with Crippen LogP contribution in [-0.2, 0) is 0 Å². The van der Waals surface area contributed by atoms with Gasteiger partial charge in [-0.2, -0.15) is 0 Å². The number of nitrogens with zero attached hydrogens (tertiary/aromatic N) is 1. The van der Waals surface area contributed by atoms with Gasteiger partial charge < -0.3 is 10.0 Å². The van der Waals surface area contributed by atoms with Crippen molar-refractivity contribution in [3.05, 3.63) is 12.3 Å². The molecule has 1 fully saturated rings. The van der Waals surface area contributed by atoms with Crippen LogP contribution in [0.3, 0.4) is 0 Å². The first-order valence-electron chi connectivity index (χ1n) is 4.25. The van der Waals surface area contributed by atoms with E-state index in [4.69, 9.17) is 5.11 Å². The smallest absolute Gasteiger partial charge is 0.0460 e. The summed E-state index contributed by atoms with van der Waals surface area (Å²) in [6.45, 7) is 8.43. The third-order valence-corrected chi connectivity index (χ3v) is 2.41. The van der Waals surface area contributed by atoms with Gasteiger partial charge in [-0.05, 0) is 25.7 Å². The zero-order valence-electron chi connectivity index (χ0n) is 7.21. The van der Waals surface area contributed by atoms with Crippen molar-refractivity contribution < 1.29 is 5.11 Å². The molecule has 0 saturated carbocycles. The fraction of sp³-hybridized carbons (Fsp3) is 0.778.